The van der Waals surface area contributed by atoms with E-state index in [4.69, 9.17) is 38.2 Å². The first-order chi connectivity index (χ1) is 17.6. The zero-order chi connectivity index (χ0) is 27.4. The van der Waals surface area contributed by atoms with Crippen molar-refractivity contribution in [3.05, 3.63) is 46.0 Å². The third-order valence-corrected chi connectivity index (χ3v) is 6.61. The number of carbonyl (C=O) groups is 4. The molecule has 2 saturated heterocycles. The van der Waals surface area contributed by atoms with Crippen LogP contribution in [0.2, 0.25) is 10.0 Å². The maximum Gasteiger partial charge on any atom is 0.409 e. The molecule has 1 unspecified atom stereocenters. The zero-order valence-corrected chi connectivity index (χ0v) is 22.3. The summed E-state index contributed by atoms with van der Waals surface area (Å²) in [5, 5.41) is 16.6. The average Bonchev–Trinajstić information content (AvgIpc) is 3.37. The predicted molar refractivity (Wildman–Crippen MR) is 139 cm³/mol. The van der Waals surface area contributed by atoms with Crippen LogP contribution in [0, 0.1) is 0 Å². The lowest BCUT2D eigenvalue weighted by molar-refractivity contribution is -0.135. The molecule has 0 spiro atoms. The summed E-state index contributed by atoms with van der Waals surface area (Å²) >= 11 is 12.1. The summed E-state index contributed by atoms with van der Waals surface area (Å²) in [6, 6.07) is 5.26. The molecule has 37 heavy (non-hydrogen) atoms. The zero-order valence-electron chi connectivity index (χ0n) is 20.8. The highest BCUT2D eigenvalue weighted by Crippen LogP contribution is 2.24. The second-order valence-electron chi connectivity index (χ2n) is 8.74. The van der Waals surface area contributed by atoms with Gasteiger partial charge in [0.25, 0.3) is 0 Å². The number of piperazine rings is 1. The minimum Gasteiger partial charge on any atom is -0.478 e. The molecule has 2 N–H and O–H groups in total. The molecule has 2 aliphatic rings. The van der Waals surface area contributed by atoms with E-state index in [0.29, 0.717) is 48.4 Å². The summed E-state index contributed by atoms with van der Waals surface area (Å²) in [5.74, 6) is -2.46. The first kappa shape index (κ1) is 30.4. The van der Waals surface area contributed by atoms with E-state index >= 15 is 0 Å². The highest BCUT2D eigenvalue weighted by atomic mass is 35.5. The summed E-state index contributed by atoms with van der Waals surface area (Å²) in [6.45, 7) is 6.79. The fourth-order valence-electron chi connectivity index (χ4n) is 4.12. The van der Waals surface area contributed by atoms with Gasteiger partial charge in [-0.25, -0.2) is 14.4 Å². The van der Waals surface area contributed by atoms with Crippen molar-refractivity contribution in [2.75, 3.05) is 45.9 Å². The van der Waals surface area contributed by atoms with Gasteiger partial charge in [-0.15, -0.1) is 0 Å². The number of amides is 2. The Morgan fingerprint density at radius 3 is 2.22 bits per heavy atom. The lowest BCUT2D eigenvalue weighted by Gasteiger charge is -2.42. The van der Waals surface area contributed by atoms with Crippen molar-refractivity contribution in [1.29, 1.82) is 0 Å². The molecule has 0 aliphatic carbocycles. The molecule has 1 aromatic carbocycles. The van der Waals surface area contributed by atoms with Gasteiger partial charge in [0, 0.05) is 38.3 Å². The standard InChI is InChI=1S/C21H29Cl2N3O3.C4H4O4/c1-2-11-29-21(28)25-9-10-26(17(15-25)14-24-7-3-4-8-24)20(27)13-16-5-6-18(22)19(23)12-16;5-3(6)1-2-4(7)8/h5-6,12,17H,2-4,7-11,13-15H2,1H3;1-2H,(H,5,6)(H,7,8). The lowest BCUT2D eigenvalue weighted by atomic mass is 10.1. The Morgan fingerprint density at radius 2 is 1.65 bits per heavy atom. The summed E-state index contributed by atoms with van der Waals surface area (Å²) < 4.78 is 5.31. The fraction of sp³-hybridized carbons (Fsp3) is 0.520. The number of likely N-dealkylation sites (tertiary alicyclic amines) is 1. The van der Waals surface area contributed by atoms with Crippen LogP contribution in [-0.4, -0.2) is 101 Å². The first-order valence-electron chi connectivity index (χ1n) is 12.1. The Kier molecular flexibility index (Phi) is 12.7. The molecular formula is C25H33Cl2N3O7. The van der Waals surface area contributed by atoms with Gasteiger partial charge in [-0.05, 0) is 50.0 Å². The van der Waals surface area contributed by atoms with Crippen LogP contribution in [0.3, 0.4) is 0 Å². The molecule has 204 valence electrons. The number of carboxylic acids is 2. The molecule has 0 aromatic heterocycles. The van der Waals surface area contributed by atoms with Gasteiger partial charge in [0.15, 0.2) is 0 Å². The quantitative estimate of drug-likeness (QED) is 0.465. The summed E-state index contributed by atoms with van der Waals surface area (Å²) in [7, 11) is 0. The van der Waals surface area contributed by atoms with Gasteiger partial charge in [0.05, 0.1) is 29.1 Å². The molecule has 2 fully saturated rings. The second kappa shape index (κ2) is 15.4. The molecule has 1 aromatic rings. The van der Waals surface area contributed by atoms with E-state index in [9.17, 15) is 19.2 Å². The number of hydrogen-bond donors (Lipinski definition) is 2. The number of halogens is 2. The lowest BCUT2D eigenvalue weighted by Crippen LogP contribution is -2.60. The molecule has 12 heteroatoms. The third kappa shape index (κ3) is 10.6. The number of rotatable bonds is 8. The van der Waals surface area contributed by atoms with Gasteiger partial charge in [0.2, 0.25) is 5.91 Å². The third-order valence-electron chi connectivity index (χ3n) is 5.87. The predicted octanol–water partition coefficient (Wildman–Crippen LogP) is 3.40. The number of ether oxygens (including phenoxy) is 1. The van der Waals surface area contributed by atoms with Crippen LogP contribution >= 0.6 is 23.2 Å². The van der Waals surface area contributed by atoms with E-state index in [-0.39, 0.29) is 24.5 Å². The van der Waals surface area contributed by atoms with E-state index in [1.165, 1.54) is 12.8 Å². The van der Waals surface area contributed by atoms with E-state index in [1.54, 1.807) is 17.0 Å². The molecule has 2 aliphatic heterocycles. The Hall–Kier alpha value is -2.82. The van der Waals surface area contributed by atoms with E-state index < -0.39 is 11.9 Å². The molecule has 10 nitrogen and oxygen atoms in total. The molecule has 0 saturated carbocycles. The van der Waals surface area contributed by atoms with Crippen LogP contribution < -0.4 is 0 Å². The summed E-state index contributed by atoms with van der Waals surface area (Å²) in [6.07, 6.45) is 4.27. The smallest absolute Gasteiger partial charge is 0.409 e. The summed E-state index contributed by atoms with van der Waals surface area (Å²) in [5.41, 5.74) is 0.842. The molecular weight excluding hydrogens is 525 g/mol. The number of benzene rings is 1. The van der Waals surface area contributed by atoms with Gasteiger partial charge in [-0.1, -0.05) is 36.2 Å². The molecule has 3 rings (SSSR count). The van der Waals surface area contributed by atoms with Gasteiger partial charge in [-0.2, -0.15) is 0 Å². The number of hydrogen-bond acceptors (Lipinski definition) is 6. The van der Waals surface area contributed by atoms with Crippen molar-refractivity contribution in [2.45, 2.75) is 38.6 Å². The van der Waals surface area contributed by atoms with Crippen molar-refractivity contribution >= 4 is 47.1 Å². The van der Waals surface area contributed by atoms with Crippen molar-refractivity contribution in [3.8, 4) is 0 Å². The number of carboxylic acid groups (broad SMARTS) is 2. The maximum absolute atomic E-state index is 13.1. The second-order valence-corrected chi connectivity index (χ2v) is 9.56. The van der Waals surface area contributed by atoms with Crippen molar-refractivity contribution < 1.29 is 34.1 Å². The molecule has 0 radical (unpaired) electrons. The van der Waals surface area contributed by atoms with Gasteiger partial charge in [-0.3, -0.25) is 4.79 Å². The fourth-order valence-corrected chi connectivity index (χ4v) is 4.44. The largest absolute Gasteiger partial charge is 0.478 e. The molecule has 2 amide bonds. The molecule has 0 bridgehead atoms. The van der Waals surface area contributed by atoms with Crippen LogP contribution in [0.1, 0.15) is 31.7 Å². The average molecular weight is 558 g/mol. The van der Waals surface area contributed by atoms with Gasteiger partial charge >= 0.3 is 18.0 Å². The Balaban J connectivity index is 0.000000521. The summed E-state index contributed by atoms with van der Waals surface area (Å²) in [4.78, 5) is 50.6. The Labute approximate surface area is 226 Å². The SMILES string of the molecule is CCCOC(=O)N1CCN(C(=O)Cc2ccc(Cl)c(Cl)c2)C(CN2CCCC2)C1.O=C(O)C=CC(=O)O. The number of carbonyl (C=O) groups excluding carboxylic acids is 2. The van der Waals surface area contributed by atoms with Crippen molar-refractivity contribution in [3.63, 3.8) is 0 Å². The normalized spacial score (nSPS) is 17.9. The molecule has 2 heterocycles. The Morgan fingerprint density at radius 1 is 1.00 bits per heavy atom. The number of nitrogens with zero attached hydrogens (tertiary/aromatic N) is 3. The van der Waals surface area contributed by atoms with Crippen LogP contribution in [0.15, 0.2) is 30.4 Å². The van der Waals surface area contributed by atoms with E-state index in [2.05, 4.69) is 4.90 Å². The molecule has 1 atom stereocenters. The van der Waals surface area contributed by atoms with Crippen LogP contribution in [0.4, 0.5) is 4.79 Å². The minimum atomic E-state index is -1.26. The number of aliphatic carboxylic acids is 2. The highest BCUT2D eigenvalue weighted by molar-refractivity contribution is 6.42. The topological polar surface area (TPSA) is 128 Å². The van der Waals surface area contributed by atoms with Gasteiger partial charge in [0.1, 0.15) is 0 Å². The van der Waals surface area contributed by atoms with Gasteiger partial charge < -0.3 is 29.6 Å². The van der Waals surface area contributed by atoms with Crippen molar-refractivity contribution in [2.24, 2.45) is 0 Å². The monoisotopic (exact) mass is 557 g/mol. The minimum absolute atomic E-state index is 0.0358. The Bertz CT molecular complexity index is 967. The van der Waals surface area contributed by atoms with Crippen LogP contribution in [0.25, 0.3) is 0 Å². The van der Waals surface area contributed by atoms with Crippen LogP contribution in [-0.2, 0) is 25.5 Å². The maximum atomic E-state index is 13.1. The van der Waals surface area contributed by atoms with E-state index in [0.717, 1.165) is 31.6 Å². The highest BCUT2D eigenvalue weighted by Gasteiger charge is 2.34. The van der Waals surface area contributed by atoms with Crippen molar-refractivity contribution in [1.82, 2.24) is 14.7 Å². The first-order valence-corrected chi connectivity index (χ1v) is 12.9. The van der Waals surface area contributed by atoms with Crippen LogP contribution in [0.5, 0.6) is 0 Å². The van der Waals surface area contributed by atoms with E-state index in [1.807, 2.05) is 17.9 Å².